The lowest BCUT2D eigenvalue weighted by atomic mass is 10.1. The lowest BCUT2D eigenvalue weighted by Gasteiger charge is -2.20. The molecule has 0 aromatic heterocycles. The Morgan fingerprint density at radius 3 is 2.48 bits per heavy atom. The number of hydrogen-bond acceptors (Lipinski definition) is 4. The molecule has 1 saturated heterocycles. The fourth-order valence-electron chi connectivity index (χ4n) is 3.38. The summed E-state index contributed by atoms with van der Waals surface area (Å²) in [7, 11) is 0. The van der Waals surface area contributed by atoms with Gasteiger partial charge >= 0.3 is 0 Å². The zero-order valence-electron chi connectivity index (χ0n) is 15.1. The van der Waals surface area contributed by atoms with E-state index in [4.69, 9.17) is 21.1 Å². The summed E-state index contributed by atoms with van der Waals surface area (Å²) >= 11 is 8.10. The lowest BCUT2D eigenvalue weighted by molar-refractivity contribution is 0.0793. The van der Waals surface area contributed by atoms with Crippen LogP contribution in [0.3, 0.4) is 0 Å². The van der Waals surface area contributed by atoms with Crippen molar-refractivity contribution in [3.63, 3.8) is 0 Å². The molecule has 0 N–H and O–H groups in total. The monoisotopic (exact) mass is 403 g/mol. The second-order valence-corrected chi connectivity index (χ2v) is 8.18. The van der Waals surface area contributed by atoms with E-state index >= 15 is 0 Å². The third-order valence-corrected chi connectivity index (χ3v) is 6.14. The Morgan fingerprint density at radius 2 is 1.70 bits per heavy atom. The van der Waals surface area contributed by atoms with Gasteiger partial charge in [0.15, 0.2) is 11.5 Å². The number of nitrogens with zero attached hydrogens (tertiary/aromatic N) is 1. The molecule has 0 radical (unpaired) electrons. The molecule has 4 nitrogen and oxygen atoms in total. The number of likely N-dealkylation sites (tertiary alicyclic amines) is 1. The first kappa shape index (κ1) is 18.5. The maximum Gasteiger partial charge on any atom is 0.253 e. The average Bonchev–Trinajstić information content (AvgIpc) is 3.23. The van der Waals surface area contributed by atoms with Crippen LogP contribution in [0.5, 0.6) is 11.5 Å². The summed E-state index contributed by atoms with van der Waals surface area (Å²) in [5, 5.41) is 0.604. The summed E-state index contributed by atoms with van der Waals surface area (Å²) in [4.78, 5) is 14.3. The average molecular weight is 404 g/mol. The van der Waals surface area contributed by atoms with Gasteiger partial charge in [0.2, 0.25) is 0 Å². The SMILES string of the molecule is O=C(c1ccc(CSCc2cc(Cl)c3c(c2)OCCO3)cc1)N1CCCC1. The van der Waals surface area contributed by atoms with Gasteiger partial charge in [-0.25, -0.2) is 0 Å². The Hall–Kier alpha value is -1.85. The molecular formula is C21H22ClNO3S. The number of ether oxygens (including phenoxy) is 2. The summed E-state index contributed by atoms with van der Waals surface area (Å²) < 4.78 is 11.2. The van der Waals surface area contributed by atoms with Crippen LogP contribution in [-0.2, 0) is 11.5 Å². The van der Waals surface area contributed by atoms with Gasteiger partial charge in [-0.05, 0) is 48.2 Å². The van der Waals surface area contributed by atoms with Gasteiger partial charge in [0, 0.05) is 30.2 Å². The number of benzene rings is 2. The summed E-state index contributed by atoms with van der Waals surface area (Å²) in [5.74, 6) is 3.25. The first-order valence-corrected chi connectivity index (χ1v) is 10.8. The van der Waals surface area contributed by atoms with Crippen LogP contribution in [0.1, 0.15) is 34.3 Å². The largest absolute Gasteiger partial charge is 0.486 e. The van der Waals surface area contributed by atoms with Gasteiger partial charge in [-0.3, -0.25) is 4.79 Å². The summed E-state index contributed by atoms with van der Waals surface area (Å²) in [6, 6.07) is 11.9. The van der Waals surface area contributed by atoms with Crippen LogP contribution in [0.15, 0.2) is 36.4 Å². The third-order valence-electron chi connectivity index (χ3n) is 4.79. The van der Waals surface area contributed by atoms with Crippen molar-refractivity contribution in [3.8, 4) is 11.5 Å². The van der Waals surface area contributed by atoms with Crippen LogP contribution in [0.25, 0.3) is 0 Å². The Balaban J connectivity index is 1.33. The Kier molecular flexibility index (Phi) is 5.79. The molecule has 1 amide bonds. The third kappa shape index (κ3) is 4.36. The van der Waals surface area contributed by atoms with Crippen LogP contribution < -0.4 is 9.47 Å². The Morgan fingerprint density at radius 1 is 1.00 bits per heavy atom. The van der Waals surface area contributed by atoms with Crippen LogP contribution in [0.4, 0.5) is 0 Å². The number of amides is 1. The molecule has 0 bridgehead atoms. The van der Waals surface area contributed by atoms with E-state index in [-0.39, 0.29) is 5.91 Å². The molecule has 1 fully saturated rings. The van der Waals surface area contributed by atoms with Crippen molar-refractivity contribution in [3.05, 3.63) is 58.1 Å². The number of halogens is 1. The molecule has 0 unspecified atom stereocenters. The second-order valence-electron chi connectivity index (χ2n) is 6.79. The Labute approximate surface area is 168 Å². The Bertz CT molecular complexity index is 819. The van der Waals surface area contributed by atoms with Gasteiger partial charge in [-0.2, -0.15) is 11.8 Å². The quantitative estimate of drug-likeness (QED) is 0.720. The van der Waals surface area contributed by atoms with E-state index in [1.165, 1.54) is 5.56 Å². The number of thioether (sulfide) groups is 1. The molecule has 6 heteroatoms. The van der Waals surface area contributed by atoms with E-state index in [0.717, 1.165) is 54.3 Å². The number of hydrogen-bond donors (Lipinski definition) is 0. The first-order chi connectivity index (χ1) is 13.2. The molecule has 0 atom stereocenters. The molecule has 0 saturated carbocycles. The van der Waals surface area contributed by atoms with E-state index in [9.17, 15) is 4.79 Å². The lowest BCUT2D eigenvalue weighted by Crippen LogP contribution is -2.27. The smallest absolute Gasteiger partial charge is 0.253 e. The molecule has 2 aliphatic rings. The summed E-state index contributed by atoms with van der Waals surface area (Å²) in [6.45, 7) is 2.86. The van der Waals surface area contributed by atoms with Crippen LogP contribution in [-0.4, -0.2) is 37.1 Å². The van der Waals surface area contributed by atoms with E-state index in [1.807, 2.05) is 53.1 Å². The zero-order valence-corrected chi connectivity index (χ0v) is 16.7. The van der Waals surface area contributed by atoms with Crippen LogP contribution in [0, 0.1) is 0 Å². The topological polar surface area (TPSA) is 38.8 Å². The maximum absolute atomic E-state index is 12.4. The van der Waals surface area contributed by atoms with Crippen LogP contribution >= 0.6 is 23.4 Å². The van der Waals surface area contributed by atoms with E-state index in [0.29, 0.717) is 24.0 Å². The number of rotatable bonds is 5. The highest BCUT2D eigenvalue weighted by Crippen LogP contribution is 2.39. The van der Waals surface area contributed by atoms with E-state index in [2.05, 4.69) is 0 Å². The predicted molar refractivity (Wildman–Crippen MR) is 109 cm³/mol. The normalized spacial score (nSPS) is 15.8. The molecule has 0 aliphatic carbocycles. The van der Waals surface area contributed by atoms with Gasteiger partial charge < -0.3 is 14.4 Å². The summed E-state index contributed by atoms with van der Waals surface area (Å²) in [6.07, 6.45) is 2.23. The van der Waals surface area contributed by atoms with Crippen molar-refractivity contribution in [2.24, 2.45) is 0 Å². The van der Waals surface area contributed by atoms with Crippen molar-refractivity contribution >= 4 is 29.3 Å². The van der Waals surface area contributed by atoms with Gasteiger partial charge in [0.25, 0.3) is 5.91 Å². The zero-order chi connectivity index (χ0) is 18.6. The molecule has 4 rings (SSSR count). The minimum atomic E-state index is 0.151. The standard InChI is InChI=1S/C21H22ClNO3S/c22-18-11-16(12-19-20(18)26-10-9-25-19)14-27-13-15-3-5-17(6-4-15)21(24)23-7-1-2-8-23/h3-6,11-12H,1-2,7-10,13-14H2. The number of carbonyl (C=O) groups excluding carboxylic acids is 1. The number of fused-ring (bicyclic) bond motifs is 1. The van der Waals surface area contributed by atoms with Crippen LogP contribution in [0.2, 0.25) is 5.02 Å². The molecular weight excluding hydrogens is 382 g/mol. The molecule has 0 spiro atoms. The summed E-state index contributed by atoms with van der Waals surface area (Å²) in [5.41, 5.74) is 3.11. The molecule has 2 aromatic rings. The minimum Gasteiger partial charge on any atom is -0.486 e. The molecule has 2 heterocycles. The van der Waals surface area contributed by atoms with Gasteiger partial charge in [-0.1, -0.05) is 23.7 Å². The second kappa shape index (κ2) is 8.44. The van der Waals surface area contributed by atoms with Crippen molar-refractivity contribution in [2.45, 2.75) is 24.3 Å². The van der Waals surface area contributed by atoms with Crippen molar-refractivity contribution in [1.82, 2.24) is 4.90 Å². The first-order valence-electron chi connectivity index (χ1n) is 9.25. The minimum absolute atomic E-state index is 0.151. The predicted octanol–water partition coefficient (Wildman–Crippen LogP) is 4.78. The highest BCUT2D eigenvalue weighted by atomic mass is 35.5. The van der Waals surface area contributed by atoms with Gasteiger partial charge in [0.05, 0.1) is 5.02 Å². The fourth-order valence-corrected chi connectivity index (χ4v) is 4.60. The number of carbonyl (C=O) groups is 1. The fraction of sp³-hybridized carbons (Fsp3) is 0.381. The van der Waals surface area contributed by atoms with Gasteiger partial charge in [-0.15, -0.1) is 0 Å². The molecule has 27 heavy (non-hydrogen) atoms. The molecule has 2 aromatic carbocycles. The van der Waals surface area contributed by atoms with Crippen molar-refractivity contribution in [1.29, 1.82) is 0 Å². The maximum atomic E-state index is 12.4. The highest BCUT2D eigenvalue weighted by Gasteiger charge is 2.19. The van der Waals surface area contributed by atoms with E-state index in [1.54, 1.807) is 0 Å². The van der Waals surface area contributed by atoms with Crippen molar-refractivity contribution in [2.75, 3.05) is 26.3 Å². The van der Waals surface area contributed by atoms with Crippen molar-refractivity contribution < 1.29 is 14.3 Å². The molecule has 2 aliphatic heterocycles. The highest BCUT2D eigenvalue weighted by molar-refractivity contribution is 7.97. The van der Waals surface area contributed by atoms with Gasteiger partial charge in [0.1, 0.15) is 13.2 Å². The molecule has 142 valence electrons. The van der Waals surface area contributed by atoms with E-state index < -0.39 is 0 Å².